The third-order valence-electron chi connectivity index (χ3n) is 11.1. The number of anilines is 2. The molecule has 50 heavy (non-hydrogen) atoms. The Morgan fingerprint density at radius 2 is 0.960 bits per heavy atom. The second-order valence-electron chi connectivity index (χ2n) is 15.2. The van der Waals surface area contributed by atoms with Gasteiger partial charge in [-0.1, -0.05) is 114 Å². The third-order valence-corrected chi connectivity index (χ3v) is 11.1. The van der Waals surface area contributed by atoms with Gasteiger partial charge in [0.2, 0.25) is 0 Å². The molecule has 0 radical (unpaired) electrons. The molecule has 268 valence electrons. The van der Waals surface area contributed by atoms with Crippen LogP contribution in [-0.2, 0) is 5.41 Å². The smallest absolute Gasteiger partial charge is 0.133 e. The van der Waals surface area contributed by atoms with E-state index >= 15 is 0 Å². The number of rotatable bonds is 17. The fraction of sp³-hybridized carbons (Fsp3) is 0.478. The zero-order chi connectivity index (χ0) is 35.5. The Kier molecular flexibility index (Phi) is 13.3. The maximum atomic E-state index is 6.43. The second-order valence-corrected chi connectivity index (χ2v) is 15.2. The van der Waals surface area contributed by atoms with Gasteiger partial charge in [-0.25, -0.2) is 0 Å². The predicted molar refractivity (Wildman–Crippen MR) is 213 cm³/mol. The monoisotopic (exact) mass is 674 g/mol. The van der Waals surface area contributed by atoms with Crippen LogP contribution in [0, 0.1) is 33.6 Å². The zero-order valence-electron chi connectivity index (χ0n) is 31.6. The fourth-order valence-corrected chi connectivity index (χ4v) is 8.29. The number of ether oxygens (including phenoxy) is 2. The molecule has 0 spiro atoms. The molecule has 4 N–H and O–H groups in total. The van der Waals surface area contributed by atoms with Crippen LogP contribution in [0.4, 0.5) is 11.4 Å². The Labute approximate surface area is 303 Å². The number of hydrogen-bond donors (Lipinski definition) is 2. The lowest BCUT2D eigenvalue weighted by molar-refractivity contribution is 0.249. The summed E-state index contributed by atoms with van der Waals surface area (Å²) in [7, 11) is 0. The molecule has 4 aromatic rings. The molecule has 4 heteroatoms. The Morgan fingerprint density at radius 1 is 0.560 bits per heavy atom. The molecule has 5 rings (SSSR count). The summed E-state index contributed by atoms with van der Waals surface area (Å²) in [5.41, 5.74) is 20.9. The van der Waals surface area contributed by atoms with Gasteiger partial charge in [-0.3, -0.25) is 0 Å². The molecule has 1 saturated carbocycles. The first-order chi connectivity index (χ1) is 24.2. The summed E-state index contributed by atoms with van der Waals surface area (Å²) in [6.07, 6.45) is 20.2. The lowest BCUT2D eigenvalue weighted by atomic mass is 9.62. The summed E-state index contributed by atoms with van der Waals surface area (Å²) in [6.45, 7) is 11.0. The third kappa shape index (κ3) is 9.65. The van der Waals surface area contributed by atoms with Crippen LogP contribution in [0.15, 0.2) is 72.8 Å². The summed E-state index contributed by atoms with van der Waals surface area (Å²) in [5.74, 6) is 4.19. The predicted octanol–water partition coefficient (Wildman–Crippen LogP) is 13.5. The quantitative estimate of drug-likeness (QED) is 0.0864. The molecule has 1 fully saturated rings. The number of nitrogens with two attached hydrogens (primary N) is 2. The van der Waals surface area contributed by atoms with Crippen molar-refractivity contribution >= 4 is 11.4 Å². The minimum absolute atomic E-state index is 0.0648. The number of hydrogen-bond acceptors (Lipinski definition) is 4. The molecule has 0 saturated heterocycles. The molecule has 0 unspecified atom stereocenters. The highest BCUT2D eigenvalue weighted by atomic mass is 16.5. The number of unbranched alkanes of at least 4 members (excludes halogenated alkanes) is 9. The van der Waals surface area contributed by atoms with Gasteiger partial charge in [0.15, 0.2) is 0 Å². The molecular formula is C46H62N2O2. The van der Waals surface area contributed by atoms with E-state index in [0.29, 0.717) is 11.4 Å². The maximum absolute atomic E-state index is 6.43. The van der Waals surface area contributed by atoms with Gasteiger partial charge in [-0.15, -0.1) is 0 Å². The highest BCUT2D eigenvalue weighted by molar-refractivity contribution is 5.55. The summed E-state index contributed by atoms with van der Waals surface area (Å²) in [4.78, 5) is 0. The van der Waals surface area contributed by atoms with Gasteiger partial charge in [0.25, 0.3) is 0 Å². The van der Waals surface area contributed by atoms with Crippen LogP contribution in [0.3, 0.4) is 0 Å². The van der Waals surface area contributed by atoms with Crippen molar-refractivity contribution in [1.82, 2.24) is 0 Å². The van der Waals surface area contributed by atoms with Crippen LogP contribution < -0.4 is 20.9 Å². The Hall–Kier alpha value is -3.92. The number of benzene rings is 4. The van der Waals surface area contributed by atoms with Crippen molar-refractivity contribution < 1.29 is 9.47 Å². The SMILES string of the molecule is CCCCCCCCCCCCC1CCC(c2cc(C)c(Oc3cccc(N)c3)c(C)c2)(c2cc(C)c(Oc3cccc(N)c3)c(C)c2)CC1. The number of nitrogen functional groups attached to an aromatic ring is 2. The van der Waals surface area contributed by atoms with Crippen LogP contribution in [0.5, 0.6) is 23.0 Å². The molecular weight excluding hydrogens is 613 g/mol. The topological polar surface area (TPSA) is 70.5 Å². The van der Waals surface area contributed by atoms with Crippen LogP contribution in [0.25, 0.3) is 0 Å². The van der Waals surface area contributed by atoms with E-state index < -0.39 is 0 Å². The minimum atomic E-state index is -0.0648. The first-order valence-corrected chi connectivity index (χ1v) is 19.5. The van der Waals surface area contributed by atoms with Gasteiger partial charge in [-0.05, 0) is 117 Å². The average molecular weight is 675 g/mol. The fourth-order valence-electron chi connectivity index (χ4n) is 8.29. The lowest BCUT2D eigenvalue weighted by Gasteiger charge is -2.42. The van der Waals surface area contributed by atoms with Crippen LogP contribution >= 0.6 is 0 Å². The van der Waals surface area contributed by atoms with Crippen molar-refractivity contribution in [2.24, 2.45) is 5.92 Å². The summed E-state index contributed by atoms with van der Waals surface area (Å²) < 4.78 is 12.9. The Bertz CT molecular complexity index is 1530. The van der Waals surface area contributed by atoms with E-state index in [1.54, 1.807) is 0 Å². The summed E-state index contributed by atoms with van der Waals surface area (Å²) in [6, 6.07) is 24.9. The lowest BCUT2D eigenvalue weighted by Crippen LogP contribution is -2.33. The molecule has 0 amide bonds. The molecule has 0 aromatic heterocycles. The van der Waals surface area contributed by atoms with E-state index in [9.17, 15) is 0 Å². The van der Waals surface area contributed by atoms with Crippen LogP contribution in [-0.4, -0.2) is 0 Å². The largest absolute Gasteiger partial charge is 0.457 e. The molecule has 0 atom stereocenters. The maximum Gasteiger partial charge on any atom is 0.133 e. The van der Waals surface area contributed by atoms with Gasteiger partial charge < -0.3 is 20.9 Å². The first-order valence-electron chi connectivity index (χ1n) is 19.5. The van der Waals surface area contributed by atoms with Crippen LogP contribution in [0.2, 0.25) is 0 Å². The van der Waals surface area contributed by atoms with E-state index in [0.717, 1.165) is 64.0 Å². The van der Waals surface area contributed by atoms with Crippen molar-refractivity contribution in [3.63, 3.8) is 0 Å². The minimum Gasteiger partial charge on any atom is -0.457 e. The van der Waals surface area contributed by atoms with Crippen molar-refractivity contribution in [3.05, 3.63) is 106 Å². The van der Waals surface area contributed by atoms with Crippen molar-refractivity contribution in [1.29, 1.82) is 0 Å². The molecule has 0 aliphatic heterocycles. The molecule has 4 aromatic carbocycles. The zero-order valence-corrected chi connectivity index (χ0v) is 31.6. The molecule has 4 nitrogen and oxygen atoms in total. The highest BCUT2D eigenvalue weighted by Gasteiger charge is 2.39. The molecule has 1 aliphatic carbocycles. The van der Waals surface area contributed by atoms with Gasteiger partial charge in [0.05, 0.1) is 0 Å². The summed E-state index contributed by atoms with van der Waals surface area (Å²) >= 11 is 0. The van der Waals surface area contributed by atoms with E-state index in [4.69, 9.17) is 20.9 Å². The van der Waals surface area contributed by atoms with Gasteiger partial charge in [0, 0.05) is 28.9 Å². The van der Waals surface area contributed by atoms with Crippen molar-refractivity contribution in [2.45, 2.75) is 136 Å². The van der Waals surface area contributed by atoms with Gasteiger partial charge in [0.1, 0.15) is 23.0 Å². The van der Waals surface area contributed by atoms with Crippen molar-refractivity contribution in [3.8, 4) is 23.0 Å². The Balaban J connectivity index is 1.34. The molecule has 0 heterocycles. The first kappa shape index (κ1) is 37.3. The molecule has 0 bridgehead atoms. The molecule has 1 aliphatic rings. The number of aryl methyl sites for hydroxylation is 4. The average Bonchev–Trinajstić information content (AvgIpc) is 3.09. The highest BCUT2D eigenvalue weighted by Crippen LogP contribution is 2.50. The van der Waals surface area contributed by atoms with Crippen LogP contribution in [0.1, 0.15) is 137 Å². The van der Waals surface area contributed by atoms with Gasteiger partial charge in [-0.2, -0.15) is 0 Å². The van der Waals surface area contributed by atoms with E-state index in [1.165, 1.54) is 94.6 Å². The Morgan fingerprint density at radius 3 is 1.36 bits per heavy atom. The van der Waals surface area contributed by atoms with E-state index in [2.05, 4.69) is 58.9 Å². The van der Waals surface area contributed by atoms with E-state index in [-0.39, 0.29) is 5.41 Å². The standard InChI is InChI=1S/C46H62N2O2/c1-6-7-8-9-10-11-12-13-14-15-18-37-23-25-46(26-24-37,38-27-33(2)44(34(3)28-38)49-42-21-16-19-40(47)31-42)39-29-35(4)45(36(5)30-39)50-43-22-17-20-41(48)32-43/h16-17,19-22,27-32,37H,6-15,18,23-26,47-48H2,1-5H3. The normalized spacial score (nSPS) is 14.5. The van der Waals surface area contributed by atoms with E-state index in [1.807, 2.05) is 48.5 Å². The summed E-state index contributed by atoms with van der Waals surface area (Å²) in [5, 5.41) is 0. The second kappa shape index (κ2) is 17.8. The van der Waals surface area contributed by atoms with Crippen molar-refractivity contribution in [2.75, 3.05) is 11.5 Å². The van der Waals surface area contributed by atoms with Gasteiger partial charge >= 0.3 is 0 Å².